The van der Waals surface area contributed by atoms with E-state index in [-0.39, 0.29) is 26.9 Å². The minimum absolute atomic E-state index is 0.0963. The van der Waals surface area contributed by atoms with Crippen LogP contribution in [-0.2, 0) is 20.0 Å². The van der Waals surface area contributed by atoms with Crippen LogP contribution in [0.3, 0.4) is 0 Å². The van der Waals surface area contributed by atoms with Gasteiger partial charge in [-0.05, 0) is 60.7 Å². The van der Waals surface area contributed by atoms with Gasteiger partial charge in [-0.3, -0.25) is 9.44 Å². The Morgan fingerprint density at radius 2 is 1.17 bits per heavy atom. The van der Waals surface area contributed by atoms with Crippen LogP contribution in [0.5, 0.6) is 5.75 Å². The van der Waals surface area contributed by atoms with Crippen LogP contribution in [0.2, 0.25) is 0 Å². The SMILES string of the molecule is COc1cc(S(=O)(=O)Nc2ccc(S(=O)(=O)Nc3ccc(F)cc3)cc2)ccc1F. The molecule has 0 aliphatic rings. The van der Waals surface area contributed by atoms with E-state index in [1.165, 1.54) is 43.5 Å². The van der Waals surface area contributed by atoms with E-state index in [1.54, 1.807) is 0 Å². The van der Waals surface area contributed by atoms with Crippen LogP contribution in [-0.4, -0.2) is 23.9 Å². The predicted octanol–water partition coefficient (Wildman–Crippen LogP) is 3.58. The quantitative estimate of drug-likeness (QED) is 0.568. The topological polar surface area (TPSA) is 102 Å². The molecule has 0 bridgehead atoms. The molecule has 0 spiro atoms. The fourth-order valence-electron chi connectivity index (χ4n) is 2.46. The Morgan fingerprint density at radius 3 is 1.70 bits per heavy atom. The van der Waals surface area contributed by atoms with Crippen LogP contribution < -0.4 is 14.2 Å². The van der Waals surface area contributed by atoms with Gasteiger partial charge in [0.1, 0.15) is 5.82 Å². The van der Waals surface area contributed by atoms with Gasteiger partial charge in [0.2, 0.25) is 0 Å². The van der Waals surface area contributed by atoms with Gasteiger partial charge in [-0.1, -0.05) is 0 Å². The molecular weight excluding hydrogens is 438 g/mol. The molecule has 0 unspecified atom stereocenters. The number of sulfonamides is 2. The molecular formula is C19H16F2N2O5S2. The van der Waals surface area contributed by atoms with Gasteiger partial charge in [0.15, 0.2) is 11.6 Å². The molecule has 11 heteroatoms. The van der Waals surface area contributed by atoms with Gasteiger partial charge >= 0.3 is 0 Å². The van der Waals surface area contributed by atoms with Gasteiger partial charge in [-0.15, -0.1) is 0 Å². The summed E-state index contributed by atoms with van der Waals surface area (Å²) in [5, 5.41) is 0. The van der Waals surface area contributed by atoms with E-state index in [9.17, 15) is 25.6 Å². The van der Waals surface area contributed by atoms with Crippen molar-refractivity contribution in [2.45, 2.75) is 9.79 Å². The highest BCUT2D eigenvalue weighted by molar-refractivity contribution is 7.93. The molecule has 0 fully saturated rings. The summed E-state index contributed by atoms with van der Waals surface area (Å²) in [6.45, 7) is 0. The van der Waals surface area contributed by atoms with Crippen LogP contribution in [0.4, 0.5) is 20.2 Å². The highest BCUT2D eigenvalue weighted by Crippen LogP contribution is 2.24. The number of hydrogen-bond acceptors (Lipinski definition) is 5. The van der Waals surface area contributed by atoms with E-state index in [1.807, 2.05) is 0 Å². The van der Waals surface area contributed by atoms with E-state index in [0.717, 1.165) is 30.3 Å². The molecule has 0 saturated heterocycles. The lowest BCUT2D eigenvalue weighted by atomic mass is 10.3. The molecule has 7 nitrogen and oxygen atoms in total. The minimum Gasteiger partial charge on any atom is -0.494 e. The molecule has 0 aliphatic carbocycles. The molecule has 0 saturated carbocycles. The third-order valence-corrected chi connectivity index (χ3v) is 6.72. The summed E-state index contributed by atoms with van der Waals surface area (Å²) in [4.78, 5) is -0.353. The average Bonchev–Trinajstić information content (AvgIpc) is 2.70. The van der Waals surface area contributed by atoms with Crippen LogP contribution in [0.1, 0.15) is 0 Å². The Kier molecular flexibility index (Phi) is 5.94. The van der Waals surface area contributed by atoms with E-state index >= 15 is 0 Å². The van der Waals surface area contributed by atoms with Crippen LogP contribution in [0, 0.1) is 11.6 Å². The molecule has 0 atom stereocenters. The molecule has 0 aromatic heterocycles. The highest BCUT2D eigenvalue weighted by Gasteiger charge is 2.18. The van der Waals surface area contributed by atoms with Gasteiger partial charge in [0.05, 0.1) is 16.9 Å². The Labute approximate surface area is 172 Å². The third kappa shape index (κ3) is 4.86. The Hall–Kier alpha value is -3.18. The standard InChI is InChI=1S/C19H16F2N2O5S2/c1-28-19-12-17(10-11-18(19)21)30(26,27)23-15-6-8-16(9-7-15)29(24,25)22-14-4-2-13(20)3-5-14/h2-12,22-23H,1H3. The summed E-state index contributed by atoms with van der Waals surface area (Å²) >= 11 is 0. The first-order valence-electron chi connectivity index (χ1n) is 8.35. The number of methoxy groups -OCH3 is 1. The Morgan fingerprint density at radius 1 is 0.700 bits per heavy atom. The fraction of sp³-hybridized carbons (Fsp3) is 0.0526. The average molecular weight is 454 g/mol. The lowest BCUT2D eigenvalue weighted by Crippen LogP contribution is -2.15. The predicted molar refractivity (Wildman–Crippen MR) is 107 cm³/mol. The first-order chi connectivity index (χ1) is 14.1. The number of rotatable bonds is 7. The molecule has 0 amide bonds. The van der Waals surface area contributed by atoms with Gasteiger partial charge in [-0.25, -0.2) is 25.6 Å². The molecule has 3 rings (SSSR count). The summed E-state index contributed by atoms with van der Waals surface area (Å²) in [7, 11) is -6.81. The summed E-state index contributed by atoms with van der Waals surface area (Å²) < 4.78 is 85.6. The van der Waals surface area contributed by atoms with Crippen molar-refractivity contribution in [3.63, 3.8) is 0 Å². The molecule has 3 aromatic carbocycles. The summed E-state index contributed by atoms with van der Waals surface area (Å²) in [6.07, 6.45) is 0. The highest BCUT2D eigenvalue weighted by atomic mass is 32.2. The second kappa shape index (κ2) is 8.28. The van der Waals surface area contributed by atoms with E-state index in [0.29, 0.717) is 0 Å². The second-order valence-corrected chi connectivity index (χ2v) is 9.40. The van der Waals surface area contributed by atoms with Gasteiger partial charge in [0.25, 0.3) is 20.0 Å². The van der Waals surface area contributed by atoms with Gasteiger partial charge in [0, 0.05) is 17.4 Å². The molecule has 2 N–H and O–H groups in total. The monoisotopic (exact) mass is 454 g/mol. The summed E-state index contributed by atoms with van der Waals surface area (Å²) in [5.74, 6) is -1.45. The van der Waals surface area contributed by atoms with Crippen molar-refractivity contribution in [3.05, 3.63) is 78.4 Å². The maximum Gasteiger partial charge on any atom is 0.262 e. The smallest absolute Gasteiger partial charge is 0.262 e. The van der Waals surface area contributed by atoms with Crippen LogP contribution in [0.15, 0.2) is 76.5 Å². The van der Waals surface area contributed by atoms with Crippen LogP contribution in [0.25, 0.3) is 0 Å². The molecule has 3 aromatic rings. The third-order valence-electron chi connectivity index (χ3n) is 3.95. The molecule has 0 heterocycles. The first kappa shape index (κ1) is 21.5. The molecule has 0 aliphatic heterocycles. The van der Waals surface area contributed by atoms with E-state index in [4.69, 9.17) is 4.74 Å². The maximum atomic E-state index is 13.5. The van der Waals surface area contributed by atoms with Crippen molar-refractivity contribution >= 4 is 31.4 Å². The lowest BCUT2D eigenvalue weighted by Gasteiger charge is -2.11. The molecule has 158 valence electrons. The Bertz CT molecular complexity index is 1260. The van der Waals surface area contributed by atoms with Crippen molar-refractivity contribution in [3.8, 4) is 5.75 Å². The largest absolute Gasteiger partial charge is 0.494 e. The van der Waals surface area contributed by atoms with Gasteiger partial charge < -0.3 is 4.74 Å². The number of anilines is 2. The first-order valence-corrected chi connectivity index (χ1v) is 11.3. The van der Waals surface area contributed by atoms with Crippen molar-refractivity contribution < 1.29 is 30.4 Å². The number of hydrogen-bond donors (Lipinski definition) is 2. The second-order valence-electron chi connectivity index (χ2n) is 6.04. The van der Waals surface area contributed by atoms with Crippen molar-refractivity contribution in [2.75, 3.05) is 16.6 Å². The maximum absolute atomic E-state index is 13.5. The number of nitrogens with one attached hydrogen (secondary N) is 2. The van der Waals surface area contributed by atoms with Gasteiger partial charge in [-0.2, -0.15) is 0 Å². The van der Waals surface area contributed by atoms with Crippen molar-refractivity contribution in [1.82, 2.24) is 0 Å². The zero-order valence-corrected chi connectivity index (χ0v) is 17.1. The Balaban J connectivity index is 1.79. The van der Waals surface area contributed by atoms with E-state index in [2.05, 4.69) is 9.44 Å². The zero-order chi connectivity index (χ0) is 21.9. The number of halogens is 2. The number of ether oxygens (including phenoxy) is 1. The molecule has 0 radical (unpaired) electrons. The fourth-order valence-corrected chi connectivity index (χ4v) is 4.59. The lowest BCUT2D eigenvalue weighted by molar-refractivity contribution is 0.385. The number of benzene rings is 3. The summed E-state index contributed by atoms with van der Waals surface area (Å²) in [5.41, 5.74) is 0.269. The normalized spacial score (nSPS) is 11.7. The summed E-state index contributed by atoms with van der Waals surface area (Å²) in [6, 6.07) is 12.8. The minimum atomic E-state index is -4.06. The van der Waals surface area contributed by atoms with Crippen molar-refractivity contribution in [2.24, 2.45) is 0 Å². The zero-order valence-electron chi connectivity index (χ0n) is 15.5. The van der Waals surface area contributed by atoms with E-state index < -0.39 is 31.7 Å². The van der Waals surface area contributed by atoms with Crippen molar-refractivity contribution in [1.29, 1.82) is 0 Å². The molecule has 30 heavy (non-hydrogen) atoms. The van der Waals surface area contributed by atoms with Crippen LogP contribution >= 0.6 is 0 Å².